The molecule has 0 atom stereocenters. The van der Waals surface area contributed by atoms with Crippen LogP contribution in [0.25, 0.3) is 11.0 Å². The zero-order valence-electron chi connectivity index (χ0n) is 10.2. The molecule has 0 aliphatic heterocycles. The van der Waals surface area contributed by atoms with Crippen LogP contribution in [0.2, 0.25) is 0 Å². The van der Waals surface area contributed by atoms with Crippen LogP contribution in [0.3, 0.4) is 0 Å². The number of nitrogens with two attached hydrogens (primary N) is 1. The maximum atomic E-state index is 5.88. The predicted octanol–water partition coefficient (Wildman–Crippen LogP) is 2.28. The van der Waals surface area contributed by atoms with E-state index in [0.717, 1.165) is 36.7 Å². The molecule has 0 unspecified atom stereocenters. The summed E-state index contributed by atoms with van der Waals surface area (Å²) in [5.41, 5.74) is 7.66. The molecule has 0 bridgehead atoms. The van der Waals surface area contributed by atoms with E-state index in [0.29, 0.717) is 11.9 Å². The van der Waals surface area contributed by atoms with Gasteiger partial charge in [0.15, 0.2) is 0 Å². The second-order valence-electron chi connectivity index (χ2n) is 4.85. The summed E-state index contributed by atoms with van der Waals surface area (Å²) in [6, 6.07) is 8.16. The quantitative estimate of drug-likeness (QED) is 0.879. The maximum Gasteiger partial charge on any atom is 0.233 e. The molecule has 3 rings (SSSR count). The predicted molar refractivity (Wildman–Crippen MR) is 70.4 cm³/mol. The van der Waals surface area contributed by atoms with Gasteiger partial charge >= 0.3 is 0 Å². The van der Waals surface area contributed by atoms with E-state index in [1.54, 1.807) is 6.20 Å². The fourth-order valence-corrected chi connectivity index (χ4v) is 2.37. The number of fused-ring (bicyclic) bond motifs is 1. The Balaban J connectivity index is 1.74. The van der Waals surface area contributed by atoms with Crippen molar-refractivity contribution in [2.45, 2.75) is 37.8 Å². The Morgan fingerprint density at radius 3 is 2.56 bits per heavy atom. The van der Waals surface area contributed by atoms with E-state index in [-0.39, 0.29) is 6.10 Å². The summed E-state index contributed by atoms with van der Waals surface area (Å²) in [7, 11) is 0. The average Bonchev–Trinajstić information content (AvgIpc) is 2.41. The number of ether oxygens (including phenoxy) is 1. The third-order valence-corrected chi connectivity index (χ3v) is 3.43. The van der Waals surface area contributed by atoms with Crippen molar-refractivity contribution in [1.82, 2.24) is 9.97 Å². The second-order valence-corrected chi connectivity index (χ2v) is 4.85. The molecular formula is C14H17N3O. The number of hydrogen-bond acceptors (Lipinski definition) is 4. The highest BCUT2D eigenvalue weighted by Crippen LogP contribution is 2.22. The Hall–Kier alpha value is -1.68. The van der Waals surface area contributed by atoms with Crippen molar-refractivity contribution in [3.8, 4) is 5.88 Å². The molecule has 18 heavy (non-hydrogen) atoms. The van der Waals surface area contributed by atoms with E-state index < -0.39 is 0 Å². The van der Waals surface area contributed by atoms with Gasteiger partial charge in [0.25, 0.3) is 0 Å². The third-order valence-electron chi connectivity index (χ3n) is 3.43. The highest BCUT2D eigenvalue weighted by Gasteiger charge is 2.20. The monoisotopic (exact) mass is 243 g/mol. The van der Waals surface area contributed by atoms with Crippen molar-refractivity contribution in [3.05, 3.63) is 30.5 Å². The van der Waals surface area contributed by atoms with E-state index in [9.17, 15) is 0 Å². The van der Waals surface area contributed by atoms with E-state index in [1.807, 2.05) is 24.3 Å². The Morgan fingerprint density at radius 1 is 1.06 bits per heavy atom. The van der Waals surface area contributed by atoms with Crippen LogP contribution < -0.4 is 10.5 Å². The van der Waals surface area contributed by atoms with Crippen molar-refractivity contribution < 1.29 is 4.74 Å². The normalized spacial score (nSPS) is 24.1. The zero-order valence-corrected chi connectivity index (χ0v) is 10.2. The number of para-hydroxylation sites is 2. The number of benzene rings is 1. The van der Waals surface area contributed by atoms with Crippen LogP contribution >= 0.6 is 0 Å². The molecule has 1 aliphatic rings. The van der Waals surface area contributed by atoms with Crippen LogP contribution in [0.4, 0.5) is 0 Å². The average molecular weight is 243 g/mol. The number of nitrogens with zero attached hydrogens (tertiary/aromatic N) is 2. The first-order valence-electron chi connectivity index (χ1n) is 6.45. The zero-order chi connectivity index (χ0) is 12.4. The van der Waals surface area contributed by atoms with Gasteiger partial charge < -0.3 is 10.5 Å². The molecule has 0 radical (unpaired) electrons. The second kappa shape index (κ2) is 4.90. The number of hydrogen-bond donors (Lipinski definition) is 1. The van der Waals surface area contributed by atoms with Gasteiger partial charge in [-0.15, -0.1) is 0 Å². The standard InChI is InChI=1S/C14H17N3O/c15-10-5-7-11(8-6-10)18-14-9-16-12-3-1-2-4-13(12)17-14/h1-4,9-11H,5-8,15H2. The molecule has 1 saturated carbocycles. The van der Waals surface area contributed by atoms with Crippen LogP contribution in [0, 0.1) is 0 Å². The van der Waals surface area contributed by atoms with Gasteiger partial charge in [0.1, 0.15) is 6.10 Å². The minimum Gasteiger partial charge on any atom is -0.473 e. The van der Waals surface area contributed by atoms with Gasteiger partial charge in [0, 0.05) is 6.04 Å². The lowest BCUT2D eigenvalue weighted by atomic mass is 9.94. The molecule has 0 spiro atoms. The van der Waals surface area contributed by atoms with Crippen LogP contribution in [0.5, 0.6) is 5.88 Å². The Labute approximate surface area is 106 Å². The SMILES string of the molecule is NC1CCC(Oc2cnc3ccccc3n2)CC1. The summed E-state index contributed by atoms with van der Waals surface area (Å²) in [5.74, 6) is 0.620. The van der Waals surface area contributed by atoms with Gasteiger partial charge in [-0.3, -0.25) is 0 Å². The molecule has 1 aliphatic carbocycles. The molecule has 4 nitrogen and oxygen atoms in total. The lowest BCUT2D eigenvalue weighted by Gasteiger charge is -2.26. The molecule has 1 fully saturated rings. The molecule has 0 saturated heterocycles. The molecular weight excluding hydrogens is 226 g/mol. The fourth-order valence-electron chi connectivity index (χ4n) is 2.37. The van der Waals surface area contributed by atoms with E-state index in [1.165, 1.54) is 0 Å². The summed E-state index contributed by atoms with van der Waals surface area (Å²) in [5, 5.41) is 0. The minimum atomic E-state index is 0.236. The van der Waals surface area contributed by atoms with E-state index in [2.05, 4.69) is 9.97 Å². The first-order valence-corrected chi connectivity index (χ1v) is 6.45. The highest BCUT2D eigenvalue weighted by molar-refractivity contribution is 5.73. The minimum absolute atomic E-state index is 0.236. The largest absolute Gasteiger partial charge is 0.473 e. The topological polar surface area (TPSA) is 61.0 Å². The van der Waals surface area contributed by atoms with Gasteiger partial charge in [-0.25, -0.2) is 9.97 Å². The van der Waals surface area contributed by atoms with Crippen LogP contribution in [-0.2, 0) is 0 Å². The summed E-state index contributed by atoms with van der Waals surface area (Å²) < 4.78 is 5.88. The summed E-state index contributed by atoms with van der Waals surface area (Å²) >= 11 is 0. The molecule has 94 valence electrons. The summed E-state index contributed by atoms with van der Waals surface area (Å²) in [6.07, 6.45) is 6.03. The molecule has 4 heteroatoms. The first kappa shape index (κ1) is 11.4. The Bertz CT molecular complexity index is 535. The van der Waals surface area contributed by atoms with E-state index >= 15 is 0 Å². The van der Waals surface area contributed by atoms with Crippen molar-refractivity contribution in [1.29, 1.82) is 0 Å². The van der Waals surface area contributed by atoms with Gasteiger partial charge in [-0.2, -0.15) is 0 Å². The molecule has 2 N–H and O–H groups in total. The van der Waals surface area contributed by atoms with Gasteiger partial charge in [-0.05, 0) is 37.8 Å². The van der Waals surface area contributed by atoms with Gasteiger partial charge in [0.2, 0.25) is 5.88 Å². The van der Waals surface area contributed by atoms with Gasteiger partial charge in [-0.1, -0.05) is 12.1 Å². The van der Waals surface area contributed by atoms with Crippen LogP contribution in [-0.4, -0.2) is 22.1 Å². The van der Waals surface area contributed by atoms with Gasteiger partial charge in [0.05, 0.1) is 17.2 Å². The molecule has 1 aromatic carbocycles. The molecule has 1 heterocycles. The fraction of sp³-hybridized carbons (Fsp3) is 0.429. The highest BCUT2D eigenvalue weighted by atomic mass is 16.5. The van der Waals surface area contributed by atoms with Crippen molar-refractivity contribution in [2.75, 3.05) is 0 Å². The lowest BCUT2D eigenvalue weighted by molar-refractivity contribution is 0.141. The lowest BCUT2D eigenvalue weighted by Crippen LogP contribution is -2.31. The molecule has 1 aromatic heterocycles. The first-order chi connectivity index (χ1) is 8.81. The van der Waals surface area contributed by atoms with Crippen molar-refractivity contribution in [2.24, 2.45) is 5.73 Å². The molecule has 2 aromatic rings. The Morgan fingerprint density at radius 2 is 1.78 bits per heavy atom. The Kier molecular flexibility index (Phi) is 3.11. The number of aromatic nitrogens is 2. The third kappa shape index (κ3) is 2.43. The smallest absolute Gasteiger partial charge is 0.233 e. The van der Waals surface area contributed by atoms with Crippen molar-refractivity contribution in [3.63, 3.8) is 0 Å². The summed E-state index contributed by atoms with van der Waals surface area (Å²) in [6.45, 7) is 0. The van der Waals surface area contributed by atoms with Crippen LogP contribution in [0.1, 0.15) is 25.7 Å². The maximum absolute atomic E-state index is 5.88. The summed E-state index contributed by atoms with van der Waals surface area (Å²) in [4.78, 5) is 8.82. The van der Waals surface area contributed by atoms with Crippen LogP contribution in [0.15, 0.2) is 30.5 Å². The van der Waals surface area contributed by atoms with E-state index in [4.69, 9.17) is 10.5 Å². The molecule has 0 amide bonds. The number of rotatable bonds is 2. The van der Waals surface area contributed by atoms with Crippen molar-refractivity contribution >= 4 is 11.0 Å².